The average Bonchev–Trinajstić information content (AvgIpc) is 2.46. The lowest BCUT2D eigenvalue weighted by Gasteiger charge is -2.34. The van der Waals surface area contributed by atoms with Crippen molar-refractivity contribution < 1.29 is 4.79 Å². The highest BCUT2D eigenvalue weighted by Gasteiger charge is 2.26. The maximum atomic E-state index is 12.0. The lowest BCUT2D eigenvalue weighted by Crippen LogP contribution is -2.45. The van der Waals surface area contributed by atoms with Gasteiger partial charge in [-0.3, -0.25) is 14.7 Å². The van der Waals surface area contributed by atoms with Crippen LogP contribution in [-0.4, -0.2) is 53.9 Å². The highest BCUT2D eigenvalue weighted by Crippen LogP contribution is 2.24. The fourth-order valence-corrected chi connectivity index (χ4v) is 2.22. The van der Waals surface area contributed by atoms with Gasteiger partial charge in [0.1, 0.15) is 0 Å². The molecule has 0 spiro atoms. The number of nitrogens with two attached hydrogens (primary N) is 1. The molecule has 1 rings (SSSR count). The minimum absolute atomic E-state index is 0.0163. The fraction of sp³-hybridized carbons (Fsp3) is 0.600. The van der Waals surface area contributed by atoms with Gasteiger partial charge in [0, 0.05) is 32.5 Å². The van der Waals surface area contributed by atoms with Gasteiger partial charge in [-0.2, -0.15) is 0 Å². The highest BCUT2D eigenvalue weighted by atomic mass is 16.2. The quantitative estimate of drug-likeness (QED) is 0.816. The van der Waals surface area contributed by atoms with Crippen molar-refractivity contribution in [1.82, 2.24) is 14.8 Å². The number of likely N-dealkylation sites (N-methyl/N-ethyl adjacent to an activating group) is 2. The van der Waals surface area contributed by atoms with E-state index < -0.39 is 0 Å². The van der Waals surface area contributed by atoms with Gasteiger partial charge in [-0.1, -0.05) is 19.9 Å². The van der Waals surface area contributed by atoms with Gasteiger partial charge in [-0.05, 0) is 24.6 Å². The van der Waals surface area contributed by atoms with Crippen LogP contribution in [0.25, 0.3) is 0 Å². The van der Waals surface area contributed by atoms with E-state index in [0.29, 0.717) is 6.54 Å². The van der Waals surface area contributed by atoms with Crippen molar-refractivity contribution in [2.75, 3.05) is 27.2 Å². The van der Waals surface area contributed by atoms with E-state index in [2.05, 4.69) is 23.7 Å². The average molecular weight is 278 g/mol. The third-order valence-corrected chi connectivity index (χ3v) is 3.54. The zero-order valence-electron chi connectivity index (χ0n) is 12.9. The maximum absolute atomic E-state index is 12.0. The van der Waals surface area contributed by atoms with Gasteiger partial charge in [0.25, 0.3) is 0 Å². The molecule has 0 saturated heterocycles. The topological polar surface area (TPSA) is 62.5 Å². The van der Waals surface area contributed by atoms with Crippen molar-refractivity contribution in [3.63, 3.8) is 0 Å². The van der Waals surface area contributed by atoms with E-state index in [1.807, 2.05) is 18.3 Å². The maximum Gasteiger partial charge on any atom is 0.236 e. The van der Waals surface area contributed by atoms with Crippen LogP contribution in [0.5, 0.6) is 0 Å². The summed E-state index contributed by atoms with van der Waals surface area (Å²) in [4.78, 5) is 19.9. The van der Waals surface area contributed by atoms with Gasteiger partial charge >= 0.3 is 0 Å². The molecule has 112 valence electrons. The standard InChI is InChI=1S/C15H26N4O/c1-5-13(16)15(12-8-7-9-17-10-12)19(6-2)11-14(20)18(3)4/h7-10,13,15H,5-6,11,16H2,1-4H3. The van der Waals surface area contributed by atoms with Gasteiger partial charge in [0.15, 0.2) is 0 Å². The minimum Gasteiger partial charge on any atom is -0.348 e. The first-order valence-electron chi connectivity index (χ1n) is 7.10. The first kappa shape index (κ1) is 16.6. The molecule has 0 aliphatic carbocycles. The van der Waals surface area contributed by atoms with E-state index in [0.717, 1.165) is 18.5 Å². The number of rotatable bonds is 7. The van der Waals surface area contributed by atoms with Gasteiger partial charge in [-0.15, -0.1) is 0 Å². The summed E-state index contributed by atoms with van der Waals surface area (Å²) in [5.74, 6) is 0.0871. The molecule has 0 fully saturated rings. The Morgan fingerprint density at radius 1 is 1.40 bits per heavy atom. The lowest BCUT2D eigenvalue weighted by atomic mass is 9.97. The molecular weight excluding hydrogens is 252 g/mol. The van der Waals surface area contributed by atoms with Gasteiger partial charge in [0.2, 0.25) is 5.91 Å². The monoisotopic (exact) mass is 278 g/mol. The predicted octanol–water partition coefficient (Wildman–Crippen LogP) is 1.27. The third kappa shape index (κ3) is 4.28. The number of nitrogens with zero attached hydrogens (tertiary/aromatic N) is 3. The summed E-state index contributed by atoms with van der Waals surface area (Å²) in [5.41, 5.74) is 7.35. The molecule has 5 heteroatoms. The van der Waals surface area contributed by atoms with Crippen LogP contribution >= 0.6 is 0 Å². The summed E-state index contributed by atoms with van der Waals surface area (Å²) in [5, 5.41) is 0. The Kier molecular flexibility index (Phi) is 6.61. The predicted molar refractivity (Wildman–Crippen MR) is 81.2 cm³/mol. The van der Waals surface area contributed by atoms with Gasteiger partial charge in [-0.25, -0.2) is 0 Å². The van der Waals surface area contributed by atoms with Crippen LogP contribution in [0.2, 0.25) is 0 Å². The first-order valence-corrected chi connectivity index (χ1v) is 7.10. The van der Waals surface area contributed by atoms with Crippen molar-refractivity contribution in [1.29, 1.82) is 0 Å². The summed E-state index contributed by atoms with van der Waals surface area (Å²) in [7, 11) is 3.55. The van der Waals surface area contributed by atoms with Crippen LogP contribution in [0.15, 0.2) is 24.5 Å². The van der Waals surface area contributed by atoms with E-state index in [4.69, 9.17) is 5.73 Å². The Bertz CT molecular complexity index is 408. The SMILES string of the molecule is CCC(N)C(c1cccnc1)N(CC)CC(=O)N(C)C. The fourth-order valence-electron chi connectivity index (χ4n) is 2.22. The Labute approximate surface area is 121 Å². The Morgan fingerprint density at radius 3 is 2.55 bits per heavy atom. The first-order chi connectivity index (χ1) is 9.51. The normalized spacial score (nSPS) is 14.1. The number of hydrogen-bond donors (Lipinski definition) is 1. The number of carbonyl (C=O) groups is 1. The molecule has 20 heavy (non-hydrogen) atoms. The van der Waals surface area contributed by atoms with Crippen molar-refractivity contribution in [3.05, 3.63) is 30.1 Å². The molecule has 0 radical (unpaired) electrons. The molecule has 0 aromatic carbocycles. The Hall–Kier alpha value is -1.46. The van der Waals surface area contributed by atoms with Crippen LogP contribution in [0, 0.1) is 0 Å². The van der Waals surface area contributed by atoms with Crippen LogP contribution < -0.4 is 5.73 Å². The second-order valence-corrected chi connectivity index (χ2v) is 5.15. The molecule has 0 saturated carbocycles. The van der Waals surface area contributed by atoms with E-state index in [9.17, 15) is 4.79 Å². The highest BCUT2D eigenvalue weighted by molar-refractivity contribution is 5.77. The van der Waals surface area contributed by atoms with E-state index in [-0.39, 0.29) is 18.0 Å². The minimum atomic E-state index is -0.0193. The van der Waals surface area contributed by atoms with Crippen LogP contribution in [0.4, 0.5) is 0 Å². The third-order valence-electron chi connectivity index (χ3n) is 3.54. The summed E-state index contributed by atoms with van der Waals surface area (Å²) in [6, 6.07) is 3.93. The second-order valence-electron chi connectivity index (χ2n) is 5.15. The van der Waals surface area contributed by atoms with Crippen molar-refractivity contribution in [3.8, 4) is 0 Å². The summed E-state index contributed by atoms with van der Waals surface area (Å²) in [6.45, 7) is 5.26. The molecule has 0 aliphatic rings. The van der Waals surface area contributed by atoms with Crippen molar-refractivity contribution in [2.24, 2.45) is 5.73 Å². The number of carbonyl (C=O) groups excluding carboxylic acids is 1. The number of pyridine rings is 1. The largest absolute Gasteiger partial charge is 0.348 e. The molecule has 1 aromatic heterocycles. The number of aromatic nitrogens is 1. The van der Waals surface area contributed by atoms with Gasteiger partial charge < -0.3 is 10.6 Å². The summed E-state index contributed by atoms with van der Waals surface area (Å²) in [6.07, 6.45) is 4.44. The number of amides is 1. The molecular formula is C15H26N4O. The molecule has 2 N–H and O–H groups in total. The molecule has 2 unspecified atom stereocenters. The van der Waals surface area contributed by atoms with Crippen LogP contribution in [0.1, 0.15) is 31.9 Å². The molecule has 1 amide bonds. The molecule has 1 heterocycles. The van der Waals surface area contributed by atoms with E-state index >= 15 is 0 Å². The zero-order valence-corrected chi connectivity index (χ0v) is 12.9. The van der Waals surface area contributed by atoms with E-state index in [1.165, 1.54) is 0 Å². The summed E-state index contributed by atoms with van der Waals surface area (Å²) >= 11 is 0. The smallest absolute Gasteiger partial charge is 0.236 e. The Balaban J connectivity index is 2.99. The summed E-state index contributed by atoms with van der Waals surface area (Å²) < 4.78 is 0. The van der Waals surface area contributed by atoms with Crippen molar-refractivity contribution in [2.45, 2.75) is 32.4 Å². The lowest BCUT2D eigenvalue weighted by molar-refractivity contribution is -0.130. The van der Waals surface area contributed by atoms with E-state index in [1.54, 1.807) is 25.2 Å². The molecule has 0 bridgehead atoms. The Morgan fingerprint density at radius 2 is 2.10 bits per heavy atom. The van der Waals surface area contributed by atoms with Gasteiger partial charge in [0.05, 0.1) is 12.6 Å². The van der Waals surface area contributed by atoms with Crippen LogP contribution in [-0.2, 0) is 4.79 Å². The molecule has 2 atom stereocenters. The molecule has 5 nitrogen and oxygen atoms in total. The van der Waals surface area contributed by atoms with Crippen LogP contribution in [0.3, 0.4) is 0 Å². The molecule has 1 aromatic rings. The van der Waals surface area contributed by atoms with Crippen molar-refractivity contribution >= 4 is 5.91 Å². The second kappa shape index (κ2) is 7.97. The molecule has 0 aliphatic heterocycles. The zero-order chi connectivity index (χ0) is 15.1. The number of hydrogen-bond acceptors (Lipinski definition) is 4.